The molecule has 0 aromatic heterocycles. The van der Waals surface area contributed by atoms with Gasteiger partial charge < -0.3 is 34.5 Å². The molecule has 0 saturated carbocycles. The summed E-state index contributed by atoms with van der Waals surface area (Å²) in [4.78, 5) is 48.7. The minimum atomic E-state index is -1.35. The number of carbonyl (C=O) groups is 4. The standard InChI is InChI=1S/C24H33NO10.ClH/c1-4-7-18(26)32-17-13-31-24(33-16-11-10-14(25)12-15(16)23(29)30)22(35-20(28)9-6-3)21(17)34-19(27)8-5-2;/h10-12,17,21-22,24H,4-9,13,25H2,1-3H3,(H,29,30);1H/t17-,21+,22-,24+;/m1./s1. The zero-order valence-corrected chi connectivity index (χ0v) is 21.4. The molecule has 0 amide bonds. The van der Waals surface area contributed by atoms with Gasteiger partial charge >= 0.3 is 23.9 Å². The molecule has 1 saturated heterocycles. The Morgan fingerprint density at radius 1 is 0.917 bits per heavy atom. The van der Waals surface area contributed by atoms with Crippen molar-refractivity contribution in [3.05, 3.63) is 23.8 Å². The smallest absolute Gasteiger partial charge is 0.339 e. The van der Waals surface area contributed by atoms with Crippen molar-refractivity contribution < 1.29 is 48.0 Å². The molecule has 12 heteroatoms. The van der Waals surface area contributed by atoms with E-state index in [9.17, 15) is 24.3 Å². The van der Waals surface area contributed by atoms with E-state index in [2.05, 4.69) is 0 Å². The normalized spacial score (nSPS) is 21.0. The average molecular weight is 532 g/mol. The first-order valence-electron chi connectivity index (χ1n) is 11.7. The quantitative estimate of drug-likeness (QED) is 0.231. The van der Waals surface area contributed by atoms with Crippen LogP contribution < -0.4 is 10.5 Å². The number of carboxylic acid groups (broad SMARTS) is 1. The van der Waals surface area contributed by atoms with Crippen LogP contribution in [0.4, 0.5) is 5.69 Å². The van der Waals surface area contributed by atoms with Crippen molar-refractivity contribution in [3.63, 3.8) is 0 Å². The largest absolute Gasteiger partial charge is 0.478 e. The number of nitrogen functional groups attached to an aromatic ring is 1. The molecule has 11 nitrogen and oxygen atoms in total. The lowest BCUT2D eigenvalue weighted by Gasteiger charge is -2.40. The van der Waals surface area contributed by atoms with Gasteiger partial charge in [0.05, 0.1) is 6.61 Å². The molecule has 0 unspecified atom stereocenters. The first kappa shape index (κ1) is 31.0. The number of halogens is 1. The van der Waals surface area contributed by atoms with Gasteiger partial charge in [-0.15, -0.1) is 12.4 Å². The van der Waals surface area contributed by atoms with Gasteiger partial charge in [0, 0.05) is 24.9 Å². The maximum atomic E-state index is 12.4. The van der Waals surface area contributed by atoms with Gasteiger partial charge in [-0.1, -0.05) is 20.8 Å². The molecule has 3 N–H and O–H groups in total. The summed E-state index contributed by atoms with van der Waals surface area (Å²) in [6.07, 6.45) is -3.11. The molecular formula is C24H34ClNO10. The van der Waals surface area contributed by atoms with Crippen molar-refractivity contribution in [2.24, 2.45) is 0 Å². The van der Waals surface area contributed by atoms with E-state index in [1.54, 1.807) is 13.8 Å². The molecule has 1 aromatic rings. The molecule has 36 heavy (non-hydrogen) atoms. The zero-order valence-electron chi connectivity index (χ0n) is 20.6. The lowest BCUT2D eigenvalue weighted by Crippen LogP contribution is -2.59. The van der Waals surface area contributed by atoms with Gasteiger partial charge in [0.25, 0.3) is 0 Å². The summed E-state index contributed by atoms with van der Waals surface area (Å²) in [6.45, 7) is 5.16. The Bertz CT molecular complexity index is 909. The van der Waals surface area contributed by atoms with Crippen LogP contribution in [0, 0.1) is 0 Å². The highest BCUT2D eigenvalue weighted by Gasteiger charge is 2.49. The summed E-state index contributed by atoms with van der Waals surface area (Å²) in [5, 5.41) is 9.53. The summed E-state index contributed by atoms with van der Waals surface area (Å²) >= 11 is 0. The van der Waals surface area contributed by atoms with Crippen molar-refractivity contribution in [2.45, 2.75) is 83.9 Å². The lowest BCUT2D eigenvalue weighted by molar-refractivity contribution is -0.261. The van der Waals surface area contributed by atoms with Crippen molar-refractivity contribution in [1.82, 2.24) is 0 Å². The molecule has 1 aliphatic rings. The van der Waals surface area contributed by atoms with Gasteiger partial charge in [0.1, 0.15) is 11.3 Å². The molecule has 1 fully saturated rings. The SMILES string of the molecule is CCCC(=O)O[C@@H]1[C@@H](OC(=O)CCC)[C@H](Oc2ccc(N)cc2C(=O)O)OC[C@H]1OC(=O)CCC.Cl. The molecule has 1 heterocycles. The van der Waals surface area contributed by atoms with Crippen LogP contribution in [0.15, 0.2) is 18.2 Å². The number of hydrogen-bond acceptors (Lipinski definition) is 10. The predicted octanol–water partition coefficient (Wildman–Crippen LogP) is 3.26. The van der Waals surface area contributed by atoms with E-state index in [0.717, 1.165) is 0 Å². The topological polar surface area (TPSA) is 161 Å². The highest BCUT2D eigenvalue weighted by atomic mass is 35.5. The monoisotopic (exact) mass is 531 g/mol. The second-order valence-corrected chi connectivity index (χ2v) is 8.07. The van der Waals surface area contributed by atoms with E-state index in [1.807, 2.05) is 6.92 Å². The van der Waals surface area contributed by atoms with Gasteiger partial charge in [-0.2, -0.15) is 0 Å². The predicted molar refractivity (Wildman–Crippen MR) is 130 cm³/mol. The zero-order chi connectivity index (χ0) is 26.0. The van der Waals surface area contributed by atoms with E-state index >= 15 is 0 Å². The summed E-state index contributed by atoms with van der Waals surface area (Å²) in [5.74, 6) is -3.09. The number of aromatic carboxylic acids is 1. The average Bonchev–Trinajstić information content (AvgIpc) is 2.79. The fourth-order valence-corrected chi connectivity index (χ4v) is 3.42. The van der Waals surface area contributed by atoms with E-state index in [0.29, 0.717) is 19.3 Å². The minimum absolute atomic E-state index is 0. The highest BCUT2D eigenvalue weighted by molar-refractivity contribution is 5.92. The van der Waals surface area contributed by atoms with Crippen molar-refractivity contribution in [3.8, 4) is 5.75 Å². The van der Waals surface area contributed by atoms with Crippen molar-refractivity contribution >= 4 is 42.0 Å². The Kier molecular flexibility index (Phi) is 13.0. The molecule has 1 aromatic carbocycles. The summed E-state index contributed by atoms with van der Waals surface area (Å²) in [5.41, 5.74) is 5.67. The third-order valence-corrected chi connectivity index (χ3v) is 5.04. The summed E-state index contributed by atoms with van der Waals surface area (Å²) in [7, 11) is 0. The Morgan fingerprint density at radius 2 is 1.44 bits per heavy atom. The Balaban J connectivity index is 0.00000648. The van der Waals surface area contributed by atoms with E-state index in [4.69, 9.17) is 29.4 Å². The summed E-state index contributed by atoms with van der Waals surface area (Å²) < 4.78 is 28.1. The highest BCUT2D eigenvalue weighted by Crippen LogP contribution is 2.30. The first-order valence-corrected chi connectivity index (χ1v) is 11.7. The molecular weight excluding hydrogens is 498 g/mol. The molecule has 4 atom stereocenters. The van der Waals surface area contributed by atoms with Crippen LogP contribution in [0.1, 0.15) is 69.7 Å². The molecule has 1 aliphatic heterocycles. The van der Waals surface area contributed by atoms with Crippen LogP contribution in [0.5, 0.6) is 5.75 Å². The van der Waals surface area contributed by atoms with E-state index in [-0.39, 0.29) is 55.3 Å². The Labute approximate surface area is 215 Å². The van der Waals surface area contributed by atoms with Crippen LogP contribution >= 0.6 is 12.4 Å². The lowest BCUT2D eigenvalue weighted by atomic mass is 10.0. The fraction of sp³-hybridized carbons (Fsp3) is 0.583. The molecule has 202 valence electrons. The van der Waals surface area contributed by atoms with Crippen LogP contribution in [0.2, 0.25) is 0 Å². The van der Waals surface area contributed by atoms with Gasteiger partial charge in [-0.25, -0.2) is 4.79 Å². The fourth-order valence-electron chi connectivity index (χ4n) is 3.42. The number of carboxylic acids is 1. The Morgan fingerprint density at radius 3 is 1.97 bits per heavy atom. The van der Waals surface area contributed by atoms with Crippen molar-refractivity contribution in [1.29, 1.82) is 0 Å². The maximum Gasteiger partial charge on any atom is 0.339 e. The van der Waals surface area contributed by atoms with Crippen molar-refractivity contribution in [2.75, 3.05) is 12.3 Å². The maximum absolute atomic E-state index is 12.4. The number of rotatable bonds is 12. The Hall–Kier alpha value is -3.05. The molecule has 0 radical (unpaired) electrons. The molecule has 0 spiro atoms. The van der Waals surface area contributed by atoms with E-state index in [1.165, 1.54) is 18.2 Å². The number of hydrogen-bond donors (Lipinski definition) is 2. The second kappa shape index (κ2) is 15.1. The summed E-state index contributed by atoms with van der Waals surface area (Å²) in [6, 6.07) is 4.00. The number of ether oxygens (including phenoxy) is 5. The number of carbonyl (C=O) groups excluding carboxylic acids is 3. The van der Waals surface area contributed by atoms with Gasteiger partial charge in [0.2, 0.25) is 12.4 Å². The second-order valence-electron chi connectivity index (χ2n) is 8.07. The van der Waals surface area contributed by atoms with Crippen LogP contribution in [0.25, 0.3) is 0 Å². The number of benzene rings is 1. The molecule has 0 aliphatic carbocycles. The third kappa shape index (κ3) is 8.87. The third-order valence-electron chi connectivity index (χ3n) is 5.04. The van der Waals surface area contributed by atoms with Crippen LogP contribution in [-0.2, 0) is 33.3 Å². The molecule has 2 rings (SSSR count). The van der Waals surface area contributed by atoms with Crippen LogP contribution in [-0.4, -0.2) is 60.2 Å². The van der Waals surface area contributed by atoms with Gasteiger partial charge in [-0.3, -0.25) is 14.4 Å². The number of anilines is 1. The minimum Gasteiger partial charge on any atom is -0.478 e. The molecule has 0 bridgehead atoms. The first-order chi connectivity index (χ1) is 16.7. The number of esters is 3. The van der Waals surface area contributed by atoms with E-state index < -0.39 is 48.5 Å². The van der Waals surface area contributed by atoms with Gasteiger partial charge in [-0.05, 0) is 37.5 Å². The van der Waals surface area contributed by atoms with Gasteiger partial charge in [0.15, 0.2) is 12.2 Å². The number of nitrogens with two attached hydrogens (primary N) is 1. The van der Waals surface area contributed by atoms with Crippen LogP contribution in [0.3, 0.4) is 0 Å².